The van der Waals surface area contributed by atoms with E-state index in [2.05, 4.69) is 32.2 Å². The van der Waals surface area contributed by atoms with Gasteiger partial charge in [-0.2, -0.15) is 0 Å². The summed E-state index contributed by atoms with van der Waals surface area (Å²) in [4.78, 5) is 14.4. The summed E-state index contributed by atoms with van der Waals surface area (Å²) < 4.78 is 0. The molecule has 0 radical (unpaired) electrons. The minimum absolute atomic E-state index is 0.0293. The fourth-order valence-electron chi connectivity index (χ4n) is 2.54. The van der Waals surface area contributed by atoms with Crippen LogP contribution in [-0.4, -0.2) is 24.5 Å². The first-order valence-corrected chi connectivity index (χ1v) is 6.72. The van der Waals surface area contributed by atoms with E-state index in [0.717, 1.165) is 30.6 Å². The van der Waals surface area contributed by atoms with Crippen molar-refractivity contribution in [1.29, 1.82) is 0 Å². The number of hydrogen-bond acceptors (Lipinski definition) is 2. The monoisotopic (exact) mass is 246 g/mol. The zero-order chi connectivity index (χ0) is 13.1. The quantitative estimate of drug-likeness (QED) is 0.888. The van der Waals surface area contributed by atoms with Crippen molar-refractivity contribution in [3.05, 3.63) is 29.8 Å². The Bertz CT molecular complexity index is 428. The molecule has 1 aromatic rings. The van der Waals surface area contributed by atoms with Crippen LogP contribution in [0.25, 0.3) is 0 Å². The average Bonchev–Trinajstić information content (AvgIpc) is 2.32. The molecule has 18 heavy (non-hydrogen) atoms. The summed E-state index contributed by atoms with van der Waals surface area (Å²) in [7, 11) is 0. The van der Waals surface area contributed by atoms with Crippen LogP contribution in [0.2, 0.25) is 0 Å². The van der Waals surface area contributed by atoms with Crippen molar-refractivity contribution in [1.82, 2.24) is 5.32 Å². The number of amides is 1. The third-order valence-corrected chi connectivity index (χ3v) is 3.38. The first-order valence-electron chi connectivity index (χ1n) is 6.72. The number of nitrogens with zero attached hydrogens (tertiary/aromatic N) is 1. The summed E-state index contributed by atoms with van der Waals surface area (Å²) in [5.74, 6) is 0.212. The average molecular weight is 246 g/mol. The van der Waals surface area contributed by atoms with E-state index in [4.69, 9.17) is 0 Å². The Balaban J connectivity index is 2.19. The van der Waals surface area contributed by atoms with Crippen molar-refractivity contribution < 1.29 is 4.79 Å². The van der Waals surface area contributed by atoms with E-state index in [-0.39, 0.29) is 11.9 Å². The van der Waals surface area contributed by atoms with Crippen molar-refractivity contribution in [2.24, 2.45) is 0 Å². The Hall–Kier alpha value is -1.35. The van der Waals surface area contributed by atoms with E-state index in [1.807, 2.05) is 23.1 Å². The number of aryl methyl sites for hydroxylation is 1. The van der Waals surface area contributed by atoms with Gasteiger partial charge in [0.2, 0.25) is 5.91 Å². The molecule has 1 atom stereocenters. The van der Waals surface area contributed by atoms with Crippen LogP contribution in [0.5, 0.6) is 0 Å². The summed E-state index contributed by atoms with van der Waals surface area (Å²) in [5, 5.41) is 3.36. The van der Waals surface area contributed by atoms with Gasteiger partial charge in [-0.05, 0) is 31.4 Å². The molecule has 1 aliphatic rings. The lowest BCUT2D eigenvalue weighted by molar-refractivity contribution is -0.121. The molecule has 3 nitrogen and oxygen atoms in total. The predicted molar refractivity (Wildman–Crippen MR) is 74.8 cm³/mol. The highest BCUT2D eigenvalue weighted by molar-refractivity contribution is 5.98. The lowest BCUT2D eigenvalue weighted by Crippen LogP contribution is -2.52. The maximum absolute atomic E-state index is 12.5. The smallest absolute Gasteiger partial charge is 0.244 e. The molecule has 3 heteroatoms. The molecule has 1 aliphatic heterocycles. The number of anilines is 1. The molecular formula is C15H22N2O. The summed E-state index contributed by atoms with van der Waals surface area (Å²) in [6.07, 6.45) is 2.00. The minimum atomic E-state index is -0.0293. The molecule has 1 unspecified atom stereocenters. The molecule has 1 saturated heterocycles. The molecule has 98 valence electrons. The van der Waals surface area contributed by atoms with Crippen LogP contribution in [0, 0.1) is 6.92 Å². The van der Waals surface area contributed by atoms with E-state index in [0.29, 0.717) is 6.04 Å². The molecule has 0 bridgehead atoms. The summed E-state index contributed by atoms with van der Waals surface area (Å²) in [5.41, 5.74) is 2.22. The summed E-state index contributed by atoms with van der Waals surface area (Å²) in [6, 6.07) is 8.41. The Kier molecular flexibility index (Phi) is 4.02. The number of para-hydroxylation sites is 1. The number of piperidine rings is 1. The Labute approximate surface area is 109 Å². The Morgan fingerprint density at radius 3 is 2.72 bits per heavy atom. The van der Waals surface area contributed by atoms with Gasteiger partial charge in [-0.25, -0.2) is 0 Å². The van der Waals surface area contributed by atoms with E-state index in [1.54, 1.807) is 0 Å². The van der Waals surface area contributed by atoms with E-state index in [1.165, 1.54) is 0 Å². The van der Waals surface area contributed by atoms with Gasteiger partial charge in [0.1, 0.15) is 0 Å². The number of rotatable bonds is 3. The third kappa shape index (κ3) is 2.72. The van der Waals surface area contributed by atoms with E-state index in [9.17, 15) is 4.79 Å². The minimum Gasteiger partial charge on any atom is -0.311 e. The molecule has 0 saturated carbocycles. The molecular weight excluding hydrogens is 224 g/mol. The van der Waals surface area contributed by atoms with Gasteiger partial charge in [0.15, 0.2) is 0 Å². The second-order valence-electron chi connectivity index (χ2n) is 5.29. The van der Waals surface area contributed by atoms with Crippen LogP contribution in [0.3, 0.4) is 0 Å². The largest absolute Gasteiger partial charge is 0.311 e. The molecule has 2 rings (SSSR count). The van der Waals surface area contributed by atoms with Crippen molar-refractivity contribution in [2.75, 3.05) is 11.4 Å². The maximum atomic E-state index is 12.5. The first kappa shape index (κ1) is 13.1. The van der Waals surface area contributed by atoms with E-state index < -0.39 is 0 Å². The SMILES string of the molecule is Cc1ccccc1N1CCCC(NC(C)C)C1=O. The molecule has 0 spiro atoms. The predicted octanol–water partition coefficient (Wildman–Crippen LogP) is 2.49. The standard InChI is InChI=1S/C15H22N2O/c1-11(2)16-13-8-6-10-17(15(13)18)14-9-5-4-7-12(14)3/h4-5,7,9,11,13,16H,6,8,10H2,1-3H3. The zero-order valence-electron chi connectivity index (χ0n) is 11.4. The van der Waals surface area contributed by atoms with Gasteiger partial charge >= 0.3 is 0 Å². The highest BCUT2D eigenvalue weighted by Gasteiger charge is 2.30. The van der Waals surface area contributed by atoms with Gasteiger partial charge in [-0.1, -0.05) is 32.0 Å². The van der Waals surface area contributed by atoms with Crippen molar-refractivity contribution in [3.8, 4) is 0 Å². The van der Waals surface area contributed by atoms with Crippen molar-refractivity contribution in [3.63, 3.8) is 0 Å². The zero-order valence-corrected chi connectivity index (χ0v) is 11.4. The highest BCUT2D eigenvalue weighted by Crippen LogP contribution is 2.24. The van der Waals surface area contributed by atoms with Crippen molar-refractivity contribution in [2.45, 2.75) is 45.7 Å². The topological polar surface area (TPSA) is 32.3 Å². The third-order valence-electron chi connectivity index (χ3n) is 3.38. The number of carbonyl (C=O) groups excluding carboxylic acids is 1. The number of nitrogens with one attached hydrogen (secondary N) is 1. The van der Waals surface area contributed by atoms with Crippen LogP contribution in [-0.2, 0) is 4.79 Å². The first-order chi connectivity index (χ1) is 8.59. The molecule has 1 amide bonds. The van der Waals surface area contributed by atoms with Crippen LogP contribution in [0.15, 0.2) is 24.3 Å². The summed E-state index contributed by atoms with van der Waals surface area (Å²) >= 11 is 0. The molecule has 1 N–H and O–H groups in total. The molecule has 1 heterocycles. The number of hydrogen-bond donors (Lipinski definition) is 1. The fourth-order valence-corrected chi connectivity index (χ4v) is 2.54. The van der Waals surface area contributed by atoms with Gasteiger partial charge < -0.3 is 10.2 Å². The lowest BCUT2D eigenvalue weighted by Gasteiger charge is -2.34. The molecule has 1 aromatic carbocycles. The lowest BCUT2D eigenvalue weighted by atomic mass is 10.0. The molecule has 0 aromatic heterocycles. The van der Waals surface area contributed by atoms with Gasteiger partial charge in [-0.3, -0.25) is 4.79 Å². The van der Waals surface area contributed by atoms with Gasteiger partial charge in [0.05, 0.1) is 6.04 Å². The van der Waals surface area contributed by atoms with Crippen molar-refractivity contribution >= 4 is 11.6 Å². The fraction of sp³-hybridized carbons (Fsp3) is 0.533. The van der Waals surface area contributed by atoms with E-state index >= 15 is 0 Å². The highest BCUT2D eigenvalue weighted by atomic mass is 16.2. The number of carbonyl (C=O) groups is 1. The Morgan fingerprint density at radius 1 is 1.33 bits per heavy atom. The second-order valence-corrected chi connectivity index (χ2v) is 5.29. The van der Waals surface area contributed by atoms with Crippen LogP contribution < -0.4 is 10.2 Å². The second kappa shape index (κ2) is 5.53. The van der Waals surface area contributed by atoms with Crippen LogP contribution >= 0.6 is 0 Å². The van der Waals surface area contributed by atoms with Gasteiger partial charge in [0.25, 0.3) is 0 Å². The van der Waals surface area contributed by atoms with Gasteiger partial charge in [0, 0.05) is 18.3 Å². The summed E-state index contributed by atoms with van der Waals surface area (Å²) in [6.45, 7) is 7.06. The Morgan fingerprint density at radius 2 is 2.06 bits per heavy atom. The van der Waals surface area contributed by atoms with Gasteiger partial charge in [-0.15, -0.1) is 0 Å². The normalized spacial score (nSPS) is 20.6. The number of benzene rings is 1. The molecule has 0 aliphatic carbocycles. The van der Waals surface area contributed by atoms with Crippen LogP contribution in [0.4, 0.5) is 5.69 Å². The molecule has 1 fully saturated rings. The van der Waals surface area contributed by atoms with Crippen LogP contribution in [0.1, 0.15) is 32.3 Å². The maximum Gasteiger partial charge on any atom is 0.244 e.